The fraction of sp³-hybridized carbons (Fsp3) is 0.200. The number of benzene rings is 1. The lowest BCUT2D eigenvalue weighted by Crippen LogP contribution is -1.91. The van der Waals surface area contributed by atoms with Gasteiger partial charge in [0.1, 0.15) is 6.07 Å². The molecule has 0 spiro atoms. The van der Waals surface area contributed by atoms with E-state index in [9.17, 15) is 0 Å². The molecule has 0 aliphatic heterocycles. The summed E-state index contributed by atoms with van der Waals surface area (Å²) in [5, 5.41) is 8.76. The molecule has 0 aliphatic rings. The van der Waals surface area contributed by atoms with Crippen LogP contribution >= 0.6 is 0 Å². The predicted octanol–water partition coefficient (Wildman–Crippen LogP) is 1.75. The largest absolute Gasteiger partial charge is 0.319 e. The normalized spacial score (nSPS) is 10.2. The molecular formula is C10H9N3. The number of hydrogen-bond acceptors (Lipinski definition) is 2. The van der Waals surface area contributed by atoms with Crippen molar-refractivity contribution in [1.29, 1.82) is 5.26 Å². The summed E-state index contributed by atoms with van der Waals surface area (Å²) in [6, 6.07) is 8.04. The molecule has 64 valence electrons. The molecule has 0 radical (unpaired) electrons. The van der Waals surface area contributed by atoms with Gasteiger partial charge >= 0.3 is 0 Å². The van der Waals surface area contributed by atoms with Crippen LogP contribution in [0.3, 0.4) is 0 Å². The zero-order valence-electron chi connectivity index (χ0n) is 7.57. The van der Waals surface area contributed by atoms with Crippen molar-refractivity contribution in [2.75, 3.05) is 0 Å². The number of aromatic nitrogens is 2. The van der Waals surface area contributed by atoms with Gasteiger partial charge < -0.3 is 4.57 Å². The molecule has 13 heavy (non-hydrogen) atoms. The summed E-state index contributed by atoms with van der Waals surface area (Å²) < 4.78 is 1.80. The van der Waals surface area contributed by atoms with Crippen molar-refractivity contribution in [2.24, 2.45) is 7.05 Å². The SMILES string of the molecule is Cc1ccc2c(c1)nc(C#N)n2C. The molecule has 3 heteroatoms. The van der Waals surface area contributed by atoms with E-state index in [2.05, 4.69) is 11.1 Å². The standard InChI is InChI=1S/C10H9N3/c1-7-3-4-9-8(5-7)12-10(6-11)13(9)2/h3-5H,1-2H3. The molecule has 0 fully saturated rings. The van der Waals surface area contributed by atoms with Crippen LogP contribution in [0.2, 0.25) is 0 Å². The first-order valence-electron chi connectivity index (χ1n) is 4.05. The molecule has 0 saturated heterocycles. The van der Waals surface area contributed by atoms with Crippen LogP contribution in [0.5, 0.6) is 0 Å². The summed E-state index contributed by atoms with van der Waals surface area (Å²) in [6.07, 6.45) is 0. The van der Waals surface area contributed by atoms with Crippen molar-refractivity contribution < 1.29 is 0 Å². The number of hydrogen-bond donors (Lipinski definition) is 0. The minimum Gasteiger partial charge on any atom is -0.319 e. The number of nitriles is 1. The third-order valence-corrected chi connectivity index (χ3v) is 2.14. The van der Waals surface area contributed by atoms with E-state index in [1.807, 2.05) is 32.2 Å². The third-order valence-electron chi connectivity index (χ3n) is 2.14. The van der Waals surface area contributed by atoms with E-state index in [0.717, 1.165) is 16.6 Å². The first kappa shape index (κ1) is 7.81. The first-order valence-corrected chi connectivity index (χ1v) is 4.05. The molecule has 3 nitrogen and oxygen atoms in total. The molecule has 2 aromatic rings. The predicted molar refractivity (Wildman–Crippen MR) is 50.2 cm³/mol. The average Bonchev–Trinajstić information content (AvgIpc) is 2.42. The molecule has 1 aromatic heterocycles. The molecule has 0 amide bonds. The third kappa shape index (κ3) is 1.07. The average molecular weight is 171 g/mol. The monoisotopic (exact) mass is 171 g/mol. The highest BCUT2D eigenvalue weighted by Crippen LogP contribution is 2.15. The maximum atomic E-state index is 8.76. The van der Waals surface area contributed by atoms with E-state index in [-0.39, 0.29) is 0 Å². The Hall–Kier alpha value is -1.82. The van der Waals surface area contributed by atoms with Gasteiger partial charge in [0.05, 0.1) is 11.0 Å². The van der Waals surface area contributed by atoms with Gasteiger partial charge in [0.25, 0.3) is 0 Å². The van der Waals surface area contributed by atoms with Gasteiger partial charge in [-0.05, 0) is 24.6 Å². The summed E-state index contributed by atoms with van der Waals surface area (Å²) >= 11 is 0. The van der Waals surface area contributed by atoms with Crippen LogP contribution in [0.25, 0.3) is 11.0 Å². The van der Waals surface area contributed by atoms with E-state index >= 15 is 0 Å². The van der Waals surface area contributed by atoms with Crippen LogP contribution in [0.15, 0.2) is 18.2 Å². The second kappa shape index (κ2) is 2.60. The van der Waals surface area contributed by atoms with Crippen LogP contribution in [0.1, 0.15) is 11.4 Å². The zero-order valence-corrected chi connectivity index (χ0v) is 7.57. The van der Waals surface area contributed by atoms with Gasteiger partial charge in [-0.15, -0.1) is 0 Å². The number of nitrogens with zero attached hydrogens (tertiary/aromatic N) is 3. The van der Waals surface area contributed by atoms with Crippen molar-refractivity contribution in [1.82, 2.24) is 9.55 Å². The second-order valence-electron chi connectivity index (χ2n) is 3.10. The topological polar surface area (TPSA) is 41.6 Å². The first-order chi connectivity index (χ1) is 6.22. The Morgan fingerprint density at radius 3 is 2.92 bits per heavy atom. The second-order valence-corrected chi connectivity index (χ2v) is 3.10. The molecule has 1 aromatic carbocycles. The van der Waals surface area contributed by atoms with E-state index in [1.54, 1.807) is 4.57 Å². The Bertz CT molecular complexity index is 503. The van der Waals surface area contributed by atoms with Gasteiger partial charge in [-0.2, -0.15) is 5.26 Å². The number of rotatable bonds is 0. The maximum absolute atomic E-state index is 8.76. The van der Waals surface area contributed by atoms with Gasteiger partial charge in [-0.25, -0.2) is 4.98 Å². The molecular weight excluding hydrogens is 162 g/mol. The summed E-state index contributed by atoms with van der Waals surface area (Å²) in [7, 11) is 1.85. The van der Waals surface area contributed by atoms with E-state index in [1.165, 1.54) is 0 Å². The van der Waals surface area contributed by atoms with Gasteiger partial charge in [0.15, 0.2) is 0 Å². The highest BCUT2D eigenvalue weighted by molar-refractivity contribution is 5.77. The quantitative estimate of drug-likeness (QED) is 0.606. The molecule has 0 bridgehead atoms. The fourth-order valence-corrected chi connectivity index (χ4v) is 1.41. The van der Waals surface area contributed by atoms with Gasteiger partial charge in [-0.3, -0.25) is 0 Å². The van der Waals surface area contributed by atoms with Gasteiger partial charge in [0.2, 0.25) is 5.82 Å². The summed E-state index contributed by atoms with van der Waals surface area (Å²) in [5.74, 6) is 0.459. The summed E-state index contributed by atoms with van der Waals surface area (Å²) in [5.41, 5.74) is 3.05. The van der Waals surface area contributed by atoms with Crippen LogP contribution in [-0.2, 0) is 7.05 Å². The minimum absolute atomic E-state index is 0.459. The lowest BCUT2D eigenvalue weighted by Gasteiger charge is -1.94. The molecule has 0 saturated carbocycles. The molecule has 0 aliphatic carbocycles. The van der Waals surface area contributed by atoms with Crippen molar-refractivity contribution in [3.63, 3.8) is 0 Å². The Balaban J connectivity index is 2.86. The number of fused-ring (bicyclic) bond motifs is 1. The fourth-order valence-electron chi connectivity index (χ4n) is 1.41. The van der Waals surface area contributed by atoms with Crippen LogP contribution < -0.4 is 0 Å². The Morgan fingerprint density at radius 2 is 2.23 bits per heavy atom. The number of imidazole rings is 1. The Labute approximate surface area is 76.2 Å². The van der Waals surface area contributed by atoms with Gasteiger partial charge in [-0.1, -0.05) is 6.07 Å². The van der Waals surface area contributed by atoms with Gasteiger partial charge in [0, 0.05) is 7.05 Å². The molecule has 1 heterocycles. The Morgan fingerprint density at radius 1 is 1.46 bits per heavy atom. The van der Waals surface area contributed by atoms with Crippen molar-refractivity contribution in [2.45, 2.75) is 6.92 Å². The molecule has 0 N–H and O–H groups in total. The van der Waals surface area contributed by atoms with Crippen LogP contribution in [0, 0.1) is 18.3 Å². The number of aryl methyl sites for hydroxylation is 2. The minimum atomic E-state index is 0.459. The van der Waals surface area contributed by atoms with E-state index < -0.39 is 0 Å². The van der Waals surface area contributed by atoms with Crippen LogP contribution in [-0.4, -0.2) is 9.55 Å². The molecule has 0 atom stereocenters. The van der Waals surface area contributed by atoms with Crippen molar-refractivity contribution >= 4 is 11.0 Å². The summed E-state index contributed by atoms with van der Waals surface area (Å²) in [6.45, 7) is 2.01. The lowest BCUT2D eigenvalue weighted by molar-refractivity contribution is 0.920. The van der Waals surface area contributed by atoms with Crippen molar-refractivity contribution in [3.8, 4) is 6.07 Å². The maximum Gasteiger partial charge on any atom is 0.213 e. The molecule has 2 rings (SSSR count). The highest BCUT2D eigenvalue weighted by atomic mass is 15.1. The smallest absolute Gasteiger partial charge is 0.213 e. The Kier molecular flexibility index (Phi) is 1.56. The summed E-state index contributed by atoms with van der Waals surface area (Å²) in [4.78, 5) is 4.19. The highest BCUT2D eigenvalue weighted by Gasteiger charge is 2.05. The van der Waals surface area contributed by atoms with E-state index in [0.29, 0.717) is 5.82 Å². The van der Waals surface area contributed by atoms with Crippen LogP contribution in [0.4, 0.5) is 0 Å². The van der Waals surface area contributed by atoms with E-state index in [4.69, 9.17) is 5.26 Å². The lowest BCUT2D eigenvalue weighted by atomic mass is 10.2. The molecule has 0 unspecified atom stereocenters. The van der Waals surface area contributed by atoms with Crippen molar-refractivity contribution in [3.05, 3.63) is 29.6 Å². The zero-order chi connectivity index (χ0) is 9.42.